The molecular formula is C20H29FN4O2. The van der Waals surface area contributed by atoms with E-state index in [4.69, 9.17) is 0 Å². The van der Waals surface area contributed by atoms with Gasteiger partial charge in [-0.25, -0.2) is 4.39 Å². The first-order valence-electron chi connectivity index (χ1n) is 9.85. The predicted molar refractivity (Wildman–Crippen MR) is 103 cm³/mol. The third kappa shape index (κ3) is 5.42. The summed E-state index contributed by atoms with van der Waals surface area (Å²) in [4.78, 5) is 30.5. The normalized spacial score (nSPS) is 21.2. The highest BCUT2D eigenvalue weighted by atomic mass is 19.1. The molecule has 7 heteroatoms. The van der Waals surface area contributed by atoms with Gasteiger partial charge in [0.2, 0.25) is 11.8 Å². The molecule has 2 amide bonds. The number of benzene rings is 1. The third-order valence-electron chi connectivity index (χ3n) is 5.37. The lowest BCUT2D eigenvalue weighted by Gasteiger charge is -2.38. The Morgan fingerprint density at radius 3 is 2.48 bits per heavy atom. The number of nitrogens with one attached hydrogen (secondary N) is 1. The second-order valence-corrected chi connectivity index (χ2v) is 7.34. The van der Waals surface area contributed by atoms with Gasteiger partial charge in [0.1, 0.15) is 5.82 Å². The van der Waals surface area contributed by atoms with E-state index in [2.05, 4.69) is 15.1 Å². The molecule has 3 rings (SSSR count). The summed E-state index contributed by atoms with van der Waals surface area (Å²) >= 11 is 0. The van der Waals surface area contributed by atoms with Crippen LogP contribution >= 0.6 is 0 Å². The summed E-state index contributed by atoms with van der Waals surface area (Å²) in [6.07, 6.45) is 2.47. The first-order chi connectivity index (χ1) is 13.0. The average Bonchev–Trinajstić information content (AvgIpc) is 2.69. The molecule has 1 atom stereocenters. The molecular weight excluding hydrogens is 347 g/mol. The first kappa shape index (κ1) is 19.6. The molecule has 0 aromatic heterocycles. The number of likely N-dealkylation sites (tertiary alicyclic amines) is 1. The standard InChI is InChI=1S/C20H29FN4O2/c1-2-19(26)22-17-4-3-9-23(14-17)15-20(27)25-12-10-24(11-13-25)18-7-5-16(21)6-8-18/h5-8,17H,2-4,9-15H2,1H3,(H,22,26). The Morgan fingerprint density at radius 1 is 1.11 bits per heavy atom. The van der Waals surface area contributed by atoms with E-state index in [0.717, 1.165) is 44.7 Å². The smallest absolute Gasteiger partial charge is 0.236 e. The van der Waals surface area contributed by atoms with E-state index in [9.17, 15) is 14.0 Å². The summed E-state index contributed by atoms with van der Waals surface area (Å²) in [5.74, 6) is -0.0103. The molecule has 1 unspecified atom stereocenters. The Kier molecular flexibility index (Phi) is 6.66. The van der Waals surface area contributed by atoms with Gasteiger partial charge >= 0.3 is 0 Å². The zero-order valence-corrected chi connectivity index (χ0v) is 16.0. The van der Waals surface area contributed by atoms with Crippen molar-refractivity contribution in [1.29, 1.82) is 0 Å². The van der Waals surface area contributed by atoms with Crippen molar-refractivity contribution in [2.24, 2.45) is 0 Å². The lowest BCUT2D eigenvalue weighted by atomic mass is 10.1. The van der Waals surface area contributed by atoms with Crippen molar-refractivity contribution in [3.63, 3.8) is 0 Å². The van der Waals surface area contributed by atoms with Gasteiger partial charge in [0.15, 0.2) is 0 Å². The van der Waals surface area contributed by atoms with Crippen LogP contribution in [0, 0.1) is 5.82 Å². The van der Waals surface area contributed by atoms with E-state index < -0.39 is 0 Å². The summed E-state index contributed by atoms with van der Waals surface area (Å²) in [5.41, 5.74) is 0.994. The molecule has 0 radical (unpaired) electrons. The van der Waals surface area contributed by atoms with Crippen molar-refractivity contribution < 1.29 is 14.0 Å². The maximum absolute atomic E-state index is 13.1. The second-order valence-electron chi connectivity index (χ2n) is 7.34. The van der Waals surface area contributed by atoms with Crippen LogP contribution in [0.15, 0.2) is 24.3 Å². The number of hydrogen-bond donors (Lipinski definition) is 1. The van der Waals surface area contributed by atoms with Gasteiger partial charge in [0, 0.05) is 50.9 Å². The fraction of sp³-hybridized carbons (Fsp3) is 0.600. The quantitative estimate of drug-likeness (QED) is 0.846. The van der Waals surface area contributed by atoms with E-state index in [0.29, 0.717) is 26.1 Å². The minimum Gasteiger partial charge on any atom is -0.368 e. The van der Waals surface area contributed by atoms with Crippen molar-refractivity contribution in [1.82, 2.24) is 15.1 Å². The molecule has 1 N–H and O–H groups in total. The van der Waals surface area contributed by atoms with Gasteiger partial charge < -0.3 is 15.1 Å². The summed E-state index contributed by atoms with van der Waals surface area (Å²) in [6.45, 7) is 6.78. The zero-order valence-electron chi connectivity index (χ0n) is 16.0. The first-order valence-corrected chi connectivity index (χ1v) is 9.85. The Hall–Kier alpha value is -2.15. The second kappa shape index (κ2) is 9.17. The third-order valence-corrected chi connectivity index (χ3v) is 5.37. The topological polar surface area (TPSA) is 55.9 Å². The summed E-state index contributed by atoms with van der Waals surface area (Å²) < 4.78 is 13.1. The summed E-state index contributed by atoms with van der Waals surface area (Å²) in [6, 6.07) is 6.65. The van der Waals surface area contributed by atoms with Gasteiger partial charge in [0.25, 0.3) is 0 Å². The van der Waals surface area contributed by atoms with Crippen molar-refractivity contribution in [3.8, 4) is 0 Å². The van der Waals surface area contributed by atoms with E-state index in [1.54, 1.807) is 12.1 Å². The fourth-order valence-corrected chi connectivity index (χ4v) is 3.80. The molecule has 6 nitrogen and oxygen atoms in total. The van der Waals surface area contributed by atoms with Gasteiger partial charge in [-0.1, -0.05) is 6.92 Å². The van der Waals surface area contributed by atoms with Crippen LogP contribution in [0.25, 0.3) is 0 Å². The number of amides is 2. The molecule has 2 heterocycles. The van der Waals surface area contributed by atoms with Gasteiger partial charge in [-0.3, -0.25) is 14.5 Å². The van der Waals surface area contributed by atoms with E-state index in [1.165, 1.54) is 12.1 Å². The Bertz CT molecular complexity index is 644. The number of carbonyl (C=O) groups is 2. The van der Waals surface area contributed by atoms with Crippen molar-refractivity contribution >= 4 is 17.5 Å². The number of piperidine rings is 1. The minimum absolute atomic E-state index is 0.0742. The zero-order chi connectivity index (χ0) is 19.2. The number of piperazine rings is 1. The van der Waals surface area contributed by atoms with Crippen LogP contribution in [0.5, 0.6) is 0 Å². The van der Waals surface area contributed by atoms with Crippen LogP contribution in [0.1, 0.15) is 26.2 Å². The molecule has 0 aliphatic carbocycles. The van der Waals surface area contributed by atoms with Gasteiger partial charge in [-0.05, 0) is 43.7 Å². The Labute approximate surface area is 160 Å². The fourth-order valence-electron chi connectivity index (χ4n) is 3.80. The number of carbonyl (C=O) groups excluding carboxylic acids is 2. The Balaban J connectivity index is 1.45. The summed E-state index contributed by atoms with van der Waals surface area (Å²) in [5, 5.41) is 3.04. The SMILES string of the molecule is CCC(=O)NC1CCCN(CC(=O)N2CCN(c3ccc(F)cc3)CC2)C1. The van der Waals surface area contributed by atoms with Crippen LogP contribution in [0.2, 0.25) is 0 Å². The number of nitrogens with zero attached hydrogens (tertiary/aromatic N) is 3. The number of rotatable bonds is 5. The summed E-state index contributed by atoms with van der Waals surface area (Å²) in [7, 11) is 0. The number of anilines is 1. The highest BCUT2D eigenvalue weighted by Crippen LogP contribution is 2.17. The predicted octanol–water partition coefficient (Wildman–Crippen LogP) is 1.46. The average molecular weight is 376 g/mol. The van der Waals surface area contributed by atoms with Crippen LogP contribution in [0.4, 0.5) is 10.1 Å². The van der Waals surface area contributed by atoms with Crippen LogP contribution in [-0.2, 0) is 9.59 Å². The number of halogens is 1. The molecule has 1 aromatic carbocycles. The molecule has 2 fully saturated rings. The lowest BCUT2D eigenvalue weighted by molar-refractivity contribution is -0.133. The molecule has 0 saturated carbocycles. The van der Waals surface area contributed by atoms with Gasteiger partial charge in [0.05, 0.1) is 6.54 Å². The van der Waals surface area contributed by atoms with E-state index in [1.807, 2.05) is 11.8 Å². The highest BCUT2D eigenvalue weighted by Gasteiger charge is 2.26. The van der Waals surface area contributed by atoms with Gasteiger partial charge in [-0.15, -0.1) is 0 Å². The van der Waals surface area contributed by atoms with Crippen molar-refractivity contribution in [3.05, 3.63) is 30.1 Å². The van der Waals surface area contributed by atoms with Crippen LogP contribution in [0.3, 0.4) is 0 Å². The molecule has 2 aliphatic rings. The molecule has 0 bridgehead atoms. The maximum atomic E-state index is 13.1. The Morgan fingerprint density at radius 2 is 1.81 bits per heavy atom. The largest absolute Gasteiger partial charge is 0.368 e. The minimum atomic E-state index is -0.234. The monoisotopic (exact) mass is 376 g/mol. The van der Waals surface area contributed by atoms with Crippen LogP contribution in [-0.4, -0.2) is 73.5 Å². The van der Waals surface area contributed by atoms with Gasteiger partial charge in [-0.2, -0.15) is 0 Å². The molecule has 2 aliphatic heterocycles. The highest BCUT2D eigenvalue weighted by molar-refractivity contribution is 5.78. The molecule has 0 spiro atoms. The molecule has 148 valence electrons. The van der Waals surface area contributed by atoms with Crippen LogP contribution < -0.4 is 10.2 Å². The lowest BCUT2D eigenvalue weighted by Crippen LogP contribution is -2.54. The molecule has 2 saturated heterocycles. The maximum Gasteiger partial charge on any atom is 0.236 e. The van der Waals surface area contributed by atoms with E-state index in [-0.39, 0.29) is 23.7 Å². The molecule has 1 aromatic rings. The van der Waals surface area contributed by atoms with Crippen molar-refractivity contribution in [2.45, 2.75) is 32.2 Å². The number of hydrogen-bond acceptors (Lipinski definition) is 4. The van der Waals surface area contributed by atoms with E-state index >= 15 is 0 Å². The molecule has 27 heavy (non-hydrogen) atoms. The van der Waals surface area contributed by atoms with Crippen molar-refractivity contribution in [2.75, 3.05) is 50.7 Å².